The quantitative estimate of drug-likeness (QED) is 0.473. The number of fused-ring (bicyclic) bond motifs is 5. The van der Waals surface area contributed by atoms with Gasteiger partial charge in [0.15, 0.2) is 0 Å². The first-order valence-electron chi connectivity index (χ1n) is 12.0. The minimum absolute atomic E-state index is 0.0961. The second-order valence-electron chi connectivity index (χ2n) is 11.5. The van der Waals surface area contributed by atoms with Gasteiger partial charge in [0.2, 0.25) is 0 Å². The van der Waals surface area contributed by atoms with E-state index in [-0.39, 0.29) is 52.8 Å². The first-order valence-corrected chi connectivity index (χ1v) is 12.0. The lowest BCUT2D eigenvalue weighted by atomic mass is 9.42. The third-order valence-electron chi connectivity index (χ3n) is 10.4. The van der Waals surface area contributed by atoms with Gasteiger partial charge >= 0.3 is 5.97 Å². The van der Waals surface area contributed by atoms with E-state index >= 15 is 0 Å². The Morgan fingerprint density at radius 3 is 2.33 bits per heavy atom. The molecule has 4 aliphatic rings. The fraction of sp³-hybridized carbons (Fsp3) is 0.958. The molecule has 0 aromatic heterocycles. The average molecular weight is 425 g/mol. The van der Waals surface area contributed by atoms with Crippen molar-refractivity contribution in [3.8, 4) is 0 Å². The fourth-order valence-corrected chi connectivity index (χ4v) is 8.74. The van der Waals surface area contributed by atoms with Crippen LogP contribution in [0.4, 0.5) is 0 Å². The monoisotopic (exact) mass is 424 g/mol. The summed E-state index contributed by atoms with van der Waals surface area (Å²) < 4.78 is 0. The maximum Gasteiger partial charge on any atom is 0.303 e. The molecule has 5 N–H and O–H groups in total. The molecule has 0 aromatic rings. The van der Waals surface area contributed by atoms with E-state index in [4.69, 9.17) is 5.11 Å². The van der Waals surface area contributed by atoms with Crippen molar-refractivity contribution in [1.29, 1.82) is 0 Å². The van der Waals surface area contributed by atoms with Crippen LogP contribution in [-0.2, 0) is 4.79 Å². The van der Waals surface area contributed by atoms with Gasteiger partial charge in [0.05, 0.1) is 24.4 Å². The smallest absolute Gasteiger partial charge is 0.303 e. The first kappa shape index (κ1) is 22.5. The molecule has 4 fully saturated rings. The van der Waals surface area contributed by atoms with Crippen LogP contribution in [0.5, 0.6) is 0 Å². The predicted octanol–water partition coefficient (Wildman–Crippen LogP) is 2.42. The van der Waals surface area contributed by atoms with E-state index in [1.165, 1.54) is 0 Å². The standard InChI is InChI=1S/C24H40O6/c1-12(4-7-20(28)29)13-5-6-14-21-15(11-19(27)24(13,14)3)23(2)9-8-17(25)22(30)16(23)10-18(21)26/h12-19,21-22,25-27,30H,4-11H2,1-3H3,(H,28,29)/t12-,13-,14+,15+,16-,17-,18-,19+,21+,22-,23-,24-/m1/s1. The summed E-state index contributed by atoms with van der Waals surface area (Å²) in [6.07, 6.45) is 2.67. The van der Waals surface area contributed by atoms with E-state index in [1.54, 1.807) is 0 Å². The highest BCUT2D eigenvalue weighted by molar-refractivity contribution is 5.66. The van der Waals surface area contributed by atoms with Gasteiger partial charge in [-0.15, -0.1) is 0 Å². The van der Waals surface area contributed by atoms with Crippen molar-refractivity contribution in [3.05, 3.63) is 0 Å². The average Bonchev–Trinajstić information content (AvgIpc) is 3.04. The zero-order valence-corrected chi connectivity index (χ0v) is 18.6. The summed E-state index contributed by atoms with van der Waals surface area (Å²) in [7, 11) is 0. The molecule has 6 nitrogen and oxygen atoms in total. The molecule has 30 heavy (non-hydrogen) atoms. The van der Waals surface area contributed by atoms with Crippen LogP contribution in [0.25, 0.3) is 0 Å². The predicted molar refractivity (Wildman–Crippen MR) is 111 cm³/mol. The van der Waals surface area contributed by atoms with E-state index in [2.05, 4.69) is 20.8 Å². The summed E-state index contributed by atoms with van der Waals surface area (Å²) in [5, 5.41) is 52.7. The highest BCUT2D eigenvalue weighted by Crippen LogP contribution is 2.68. The fourth-order valence-electron chi connectivity index (χ4n) is 8.74. The molecule has 0 saturated heterocycles. The van der Waals surface area contributed by atoms with E-state index in [0.717, 1.165) is 19.3 Å². The number of aliphatic hydroxyl groups is 4. The van der Waals surface area contributed by atoms with Gasteiger partial charge in [0, 0.05) is 6.42 Å². The van der Waals surface area contributed by atoms with Gasteiger partial charge in [-0.25, -0.2) is 0 Å². The Morgan fingerprint density at radius 1 is 0.967 bits per heavy atom. The zero-order valence-electron chi connectivity index (χ0n) is 18.6. The molecule has 0 aliphatic heterocycles. The van der Waals surface area contributed by atoms with Crippen molar-refractivity contribution in [3.63, 3.8) is 0 Å². The molecular formula is C24H40O6. The van der Waals surface area contributed by atoms with Crippen LogP contribution in [0.1, 0.15) is 72.1 Å². The molecule has 0 amide bonds. The van der Waals surface area contributed by atoms with Gasteiger partial charge in [-0.3, -0.25) is 4.79 Å². The van der Waals surface area contributed by atoms with Crippen LogP contribution in [-0.4, -0.2) is 55.9 Å². The third kappa shape index (κ3) is 3.16. The molecule has 12 atom stereocenters. The largest absolute Gasteiger partial charge is 0.481 e. The molecule has 6 heteroatoms. The summed E-state index contributed by atoms with van der Waals surface area (Å²) in [6, 6.07) is 0. The summed E-state index contributed by atoms with van der Waals surface area (Å²) in [5.41, 5.74) is -0.492. The molecule has 0 heterocycles. The number of carbonyl (C=O) groups is 1. The molecule has 172 valence electrons. The summed E-state index contributed by atoms with van der Waals surface area (Å²) in [5.74, 6) is 0.00666. The van der Waals surface area contributed by atoms with Crippen molar-refractivity contribution in [2.45, 2.75) is 96.6 Å². The molecule has 0 spiro atoms. The van der Waals surface area contributed by atoms with E-state index in [9.17, 15) is 25.2 Å². The highest BCUT2D eigenvalue weighted by Gasteiger charge is 2.66. The number of rotatable bonds is 4. The summed E-state index contributed by atoms with van der Waals surface area (Å²) >= 11 is 0. The van der Waals surface area contributed by atoms with Crippen LogP contribution < -0.4 is 0 Å². The second-order valence-corrected chi connectivity index (χ2v) is 11.5. The van der Waals surface area contributed by atoms with E-state index in [0.29, 0.717) is 25.7 Å². The van der Waals surface area contributed by atoms with Crippen LogP contribution in [0.3, 0.4) is 0 Å². The molecule has 4 saturated carbocycles. The molecule has 0 radical (unpaired) electrons. The number of carboxylic acids is 1. The van der Waals surface area contributed by atoms with Crippen LogP contribution in [0.15, 0.2) is 0 Å². The van der Waals surface area contributed by atoms with Crippen molar-refractivity contribution in [2.24, 2.45) is 46.3 Å². The van der Waals surface area contributed by atoms with Crippen molar-refractivity contribution in [1.82, 2.24) is 0 Å². The first-order chi connectivity index (χ1) is 14.0. The van der Waals surface area contributed by atoms with E-state index < -0.39 is 30.4 Å². The molecule has 0 bridgehead atoms. The van der Waals surface area contributed by atoms with Gasteiger partial charge in [0.1, 0.15) is 0 Å². The number of hydrogen-bond donors (Lipinski definition) is 5. The lowest BCUT2D eigenvalue weighted by Gasteiger charge is -2.64. The molecular weight excluding hydrogens is 384 g/mol. The van der Waals surface area contributed by atoms with E-state index in [1.807, 2.05) is 0 Å². The van der Waals surface area contributed by atoms with Gasteiger partial charge in [-0.1, -0.05) is 20.8 Å². The maximum atomic E-state index is 11.5. The number of aliphatic carboxylic acids is 1. The second kappa shape index (κ2) is 7.72. The van der Waals surface area contributed by atoms with Gasteiger partial charge < -0.3 is 25.5 Å². The molecule has 4 aliphatic carbocycles. The number of aliphatic hydroxyl groups excluding tert-OH is 4. The highest BCUT2D eigenvalue weighted by atomic mass is 16.4. The lowest BCUT2D eigenvalue weighted by molar-refractivity contribution is -0.228. The van der Waals surface area contributed by atoms with Crippen molar-refractivity contribution in [2.75, 3.05) is 0 Å². The third-order valence-corrected chi connectivity index (χ3v) is 10.4. The normalized spacial score (nSPS) is 54.0. The Bertz CT molecular complexity index is 668. The molecule has 0 unspecified atom stereocenters. The maximum absolute atomic E-state index is 11.5. The Kier molecular flexibility index (Phi) is 5.79. The Balaban J connectivity index is 1.62. The Hall–Kier alpha value is -0.690. The van der Waals surface area contributed by atoms with Crippen molar-refractivity contribution < 1.29 is 30.3 Å². The van der Waals surface area contributed by atoms with Crippen LogP contribution in [0.2, 0.25) is 0 Å². The van der Waals surface area contributed by atoms with Crippen molar-refractivity contribution >= 4 is 5.97 Å². The molecule has 0 aromatic carbocycles. The Labute approximate surface area is 179 Å². The Morgan fingerprint density at radius 2 is 1.67 bits per heavy atom. The van der Waals surface area contributed by atoms with Gasteiger partial charge in [-0.05, 0) is 91.3 Å². The number of carboxylic acid groups (broad SMARTS) is 1. The summed E-state index contributed by atoms with van der Waals surface area (Å²) in [6.45, 7) is 6.50. The SMILES string of the molecule is C[C@H](CCC(=O)O)[C@H]1CC[C@H]2[C@@H]3[C@H](O)C[C@@H]4[C@@H](O)[C@H](O)CC[C@]4(C)[C@H]3C[C@H](O)[C@]12C. The number of hydrogen-bond acceptors (Lipinski definition) is 5. The van der Waals surface area contributed by atoms with Gasteiger partial charge in [-0.2, -0.15) is 0 Å². The topological polar surface area (TPSA) is 118 Å². The minimum atomic E-state index is -0.808. The zero-order chi connectivity index (χ0) is 22.0. The minimum Gasteiger partial charge on any atom is -0.481 e. The summed E-state index contributed by atoms with van der Waals surface area (Å²) in [4.78, 5) is 11.1. The molecule has 4 rings (SSSR count). The van der Waals surface area contributed by atoms with Crippen LogP contribution >= 0.6 is 0 Å². The van der Waals surface area contributed by atoms with Gasteiger partial charge in [0.25, 0.3) is 0 Å². The lowest BCUT2D eigenvalue weighted by Crippen LogP contribution is -2.64. The van der Waals surface area contributed by atoms with Crippen LogP contribution in [0, 0.1) is 46.3 Å².